The molecule has 2 aromatic carbocycles. The standard InChI is InChI=1S/C24H21NO2/c1-14-8-6-7-11-19(14)25-23(26)21-17-12-13-18(22(21)24(25)27)20(17)15(2)16-9-4-3-5-10-16/h3-13,17-18,21-22H,1-2H3/t17-,18-,21-,22-/m1/s1. The summed E-state index contributed by atoms with van der Waals surface area (Å²) >= 11 is 0. The average Bonchev–Trinajstić information content (AvgIpc) is 3.33. The van der Waals surface area contributed by atoms with Gasteiger partial charge in [0.25, 0.3) is 0 Å². The van der Waals surface area contributed by atoms with Crippen molar-refractivity contribution in [1.29, 1.82) is 0 Å². The van der Waals surface area contributed by atoms with Crippen molar-refractivity contribution in [1.82, 2.24) is 0 Å². The molecule has 3 heteroatoms. The summed E-state index contributed by atoms with van der Waals surface area (Å²) in [5, 5.41) is 0. The van der Waals surface area contributed by atoms with Crippen molar-refractivity contribution < 1.29 is 9.59 Å². The van der Waals surface area contributed by atoms with Gasteiger partial charge in [0.15, 0.2) is 0 Å². The summed E-state index contributed by atoms with van der Waals surface area (Å²) in [5.41, 5.74) is 5.31. The fourth-order valence-electron chi connectivity index (χ4n) is 5.17. The third kappa shape index (κ3) is 2.14. The number of allylic oxidation sites excluding steroid dienone is 4. The minimum atomic E-state index is -0.263. The zero-order chi connectivity index (χ0) is 18.7. The Balaban J connectivity index is 1.58. The van der Waals surface area contributed by atoms with Gasteiger partial charge < -0.3 is 0 Å². The molecular formula is C24H21NO2. The fourth-order valence-corrected chi connectivity index (χ4v) is 5.17. The van der Waals surface area contributed by atoms with E-state index in [1.54, 1.807) is 0 Å². The van der Waals surface area contributed by atoms with Gasteiger partial charge in [-0.05, 0) is 36.6 Å². The van der Waals surface area contributed by atoms with Crippen LogP contribution in [-0.4, -0.2) is 11.8 Å². The molecule has 134 valence electrons. The maximum Gasteiger partial charge on any atom is 0.238 e. The highest BCUT2D eigenvalue weighted by Gasteiger charge is 2.62. The van der Waals surface area contributed by atoms with Gasteiger partial charge in [-0.15, -0.1) is 0 Å². The summed E-state index contributed by atoms with van der Waals surface area (Å²) in [6.45, 7) is 4.06. The summed E-state index contributed by atoms with van der Waals surface area (Å²) in [7, 11) is 0. The molecule has 1 saturated heterocycles. The van der Waals surface area contributed by atoms with Crippen molar-refractivity contribution in [3.8, 4) is 0 Å². The Morgan fingerprint density at radius 2 is 1.37 bits per heavy atom. The van der Waals surface area contributed by atoms with E-state index in [9.17, 15) is 9.59 Å². The topological polar surface area (TPSA) is 37.4 Å². The van der Waals surface area contributed by atoms with Gasteiger partial charge in [0.05, 0.1) is 17.5 Å². The van der Waals surface area contributed by atoms with E-state index in [1.165, 1.54) is 21.6 Å². The Kier molecular flexibility index (Phi) is 3.48. The number of nitrogens with zero attached hydrogens (tertiary/aromatic N) is 1. The van der Waals surface area contributed by atoms with Gasteiger partial charge in [-0.3, -0.25) is 9.59 Å². The Labute approximate surface area is 159 Å². The van der Waals surface area contributed by atoms with E-state index in [-0.39, 0.29) is 35.5 Å². The molecule has 0 spiro atoms. The Morgan fingerprint density at radius 3 is 1.96 bits per heavy atom. The van der Waals surface area contributed by atoms with Crippen LogP contribution in [0.25, 0.3) is 5.57 Å². The van der Waals surface area contributed by atoms with Gasteiger partial charge in [-0.25, -0.2) is 4.90 Å². The number of aryl methyl sites for hydroxylation is 1. The lowest BCUT2D eigenvalue weighted by Crippen LogP contribution is -2.33. The van der Waals surface area contributed by atoms with Crippen molar-refractivity contribution in [2.45, 2.75) is 13.8 Å². The van der Waals surface area contributed by atoms with Crippen LogP contribution >= 0.6 is 0 Å². The number of benzene rings is 2. The number of carbonyl (C=O) groups excluding carboxylic acids is 2. The van der Waals surface area contributed by atoms with Crippen LogP contribution in [-0.2, 0) is 9.59 Å². The van der Waals surface area contributed by atoms with Crippen LogP contribution in [0, 0.1) is 30.6 Å². The van der Waals surface area contributed by atoms with Gasteiger partial charge >= 0.3 is 0 Å². The first-order valence-electron chi connectivity index (χ1n) is 9.47. The fraction of sp³-hybridized carbons (Fsp3) is 0.250. The van der Waals surface area contributed by atoms with Crippen LogP contribution < -0.4 is 4.90 Å². The number of hydrogen-bond donors (Lipinski definition) is 0. The average molecular weight is 355 g/mol. The molecule has 0 radical (unpaired) electrons. The summed E-state index contributed by atoms with van der Waals surface area (Å²) in [4.78, 5) is 28.0. The summed E-state index contributed by atoms with van der Waals surface area (Å²) in [6, 6.07) is 17.9. The molecule has 3 nitrogen and oxygen atoms in total. The third-order valence-corrected chi connectivity index (χ3v) is 6.41. The van der Waals surface area contributed by atoms with E-state index in [4.69, 9.17) is 0 Å². The zero-order valence-corrected chi connectivity index (χ0v) is 15.4. The number of hydrogen-bond acceptors (Lipinski definition) is 2. The molecule has 1 saturated carbocycles. The largest absolute Gasteiger partial charge is 0.274 e. The van der Waals surface area contributed by atoms with Gasteiger partial charge in [0, 0.05) is 11.8 Å². The zero-order valence-electron chi connectivity index (χ0n) is 15.4. The second-order valence-electron chi connectivity index (χ2n) is 7.73. The SMILES string of the molecule is CC(=C1[C@H]2C=C[C@H]1[C@H]1C(=O)N(c3ccccc3C)C(=O)[C@@H]12)c1ccccc1. The van der Waals surface area contributed by atoms with Crippen LogP contribution in [0.4, 0.5) is 5.69 Å². The van der Waals surface area contributed by atoms with E-state index in [0.717, 1.165) is 11.3 Å². The predicted octanol–water partition coefficient (Wildman–Crippen LogP) is 4.39. The van der Waals surface area contributed by atoms with Crippen LogP contribution in [0.15, 0.2) is 72.3 Å². The Morgan fingerprint density at radius 1 is 0.815 bits per heavy atom. The smallest absolute Gasteiger partial charge is 0.238 e. The highest BCUT2D eigenvalue weighted by molar-refractivity contribution is 6.23. The maximum absolute atomic E-state index is 13.3. The number of fused-ring (bicyclic) bond motifs is 5. The Hall–Kier alpha value is -2.94. The molecule has 2 fully saturated rings. The molecule has 1 aliphatic heterocycles. The molecule has 2 aromatic rings. The molecule has 2 amide bonds. The number of rotatable bonds is 2. The highest BCUT2D eigenvalue weighted by Crippen LogP contribution is 2.58. The second-order valence-corrected chi connectivity index (χ2v) is 7.73. The lowest BCUT2D eigenvalue weighted by molar-refractivity contribution is -0.122. The number of para-hydroxylation sites is 1. The van der Waals surface area contributed by atoms with Crippen molar-refractivity contribution in [3.05, 3.63) is 83.4 Å². The summed E-state index contributed by atoms with van der Waals surface area (Å²) < 4.78 is 0. The van der Waals surface area contributed by atoms with E-state index < -0.39 is 0 Å². The minimum Gasteiger partial charge on any atom is -0.274 e. The number of imide groups is 1. The number of anilines is 1. The lowest BCUT2D eigenvalue weighted by atomic mass is 9.85. The molecule has 5 rings (SSSR count). The van der Waals surface area contributed by atoms with Crippen LogP contribution in [0.5, 0.6) is 0 Å². The normalized spacial score (nSPS) is 28.2. The summed E-state index contributed by atoms with van der Waals surface area (Å²) in [5.74, 6) is -0.554. The molecule has 3 aliphatic rings. The van der Waals surface area contributed by atoms with E-state index in [2.05, 4.69) is 31.2 Å². The monoisotopic (exact) mass is 355 g/mol. The van der Waals surface area contributed by atoms with E-state index >= 15 is 0 Å². The van der Waals surface area contributed by atoms with Gasteiger partial charge in [-0.2, -0.15) is 0 Å². The molecular weight excluding hydrogens is 334 g/mol. The third-order valence-electron chi connectivity index (χ3n) is 6.41. The van der Waals surface area contributed by atoms with Crippen LogP contribution in [0.3, 0.4) is 0 Å². The van der Waals surface area contributed by atoms with Crippen molar-refractivity contribution >= 4 is 23.1 Å². The van der Waals surface area contributed by atoms with Gasteiger partial charge in [0.1, 0.15) is 0 Å². The van der Waals surface area contributed by atoms with Crippen molar-refractivity contribution in [2.24, 2.45) is 23.7 Å². The molecule has 4 atom stereocenters. The number of amides is 2. The molecule has 0 N–H and O–H groups in total. The molecule has 0 unspecified atom stereocenters. The predicted molar refractivity (Wildman–Crippen MR) is 106 cm³/mol. The van der Waals surface area contributed by atoms with E-state index in [1.807, 2.05) is 49.4 Å². The molecule has 27 heavy (non-hydrogen) atoms. The van der Waals surface area contributed by atoms with Crippen LogP contribution in [0.2, 0.25) is 0 Å². The van der Waals surface area contributed by atoms with Crippen molar-refractivity contribution in [2.75, 3.05) is 4.90 Å². The second kappa shape index (κ2) is 5.78. The van der Waals surface area contributed by atoms with Gasteiger partial charge in [0.2, 0.25) is 11.8 Å². The molecule has 2 bridgehead atoms. The van der Waals surface area contributed by atoms with Crippen LogP contribution in [0.1, 0.15) is 18.1 Å². The van der Waals surface area contributed by atoms with E-state index in [0.29, 0.717) is 0 Å². The first-order valence-corrected chi connectivity index (χ1v) is 9.47. The first kappa shape index (κ1) is 16.2. The summed E-state index contributed by atoms with van der Waals surface area (Å²) in [6.07, 6.45) is 4.28. The minimum absolute atomic E-state index is 0.0330. The van der Waals surface area contributed by atoms with Crippen molar-refractivity contribution in [3.63, 3.8) is 0 Å². The quantitative estimate of drug-likeness (QED) is 0.592. The maximum atomic E-state index is 13.3. The van der Waals surface area contributed by atoms with Gasteiger partial charge in [-0.1, -0.05) is 66.3 Å². The number of carbonyl (C=O) groups is 2. The highest BCUT2D eigenvalue weighted by atomic mass is 16.2. The Bertz CT molecular complexity index is 984. The molecule has 1 heterocycles. The lowest BCUT2D eigenvalue weighted by Gasteiger charge is -2.21. The molecule has 0 aromatic heterocycles. The first-order chi connectivity index (χ1) is 13.1. The molecule has 2 aliphatic carbocycles.